The minimum atomic E-state index is -3.76. The van der Waals surface area contributed by atoms with Crippen molar-refractivity contribution in [1.82, 2.24) is 4.72 Å². The highest BCUT2D eigenvalue weighted by Crippen LogP contribution is 2.23. The van der Waals surface area contributed by atoms with E-state index in [4.69, 9.17) is 9.47 Å². The number of aliphatic hydroxyl groups excluding tert-OH is 5. The Kier molecular flexibility index (Phi) is 30.1. The summed E-state index contributed by atoms with van der Waals surface area (Å²) < 4.78 is 39.8. The number of nitrogens with one attached hydrogen (secondary N) is 1. The maximum absolute atomic E-state index is 13.1. The number of aliphatic hydroxyl groups is 5. The maximum atomic E-state index is 13.1. The third kappa shape index (κ3) is 24.4. The molecule has 5 unspecified atom stereocenters. The summed E-state index contributed by atoms with van der Waals surface area (Å²) in [6.07, 6.45) is 25.7. The molecule has 1 saturated heterocycles. The molecule has 1 fully saturated rings. The maximum Gasteiger partial charge on any atom is 0.212 e. The molecule has 1 rings (SSSR count). The van der Waals surface area contributed by atoms with E-state index in [1.807, 2.05) is 6.08 Å². The summed E-state index contributed by atoms with van der Waals surface area (Å²) in [5.74, 6) is -0.0727. The van der Waals surface area contributed by atoms with E-state index < -0.39 is 59.5 Å². The summed E-state index contributed by atoms with van der Waals surface area (Å²) in [7, 11) is -3.76. The van der Waals surface area contributed by atoms with Crippen molar-refractivity contribution in [3.63, 3.8) is 0 Å². The summed E-state index contributed by atoms with van der Waals surface area (Å²) in [5, 5.41) is 51.1. The lowest BCUT2D eigenvalue weighted by molar-refractivity contribution is -0.302. The van der Waals surface area contributed by atoms with Crippen LogP contribution in [-0.2, 0) is 19.5 Å². The van der Waals surface area contributed by atoms with Crippen molar-refractivity contribution in [2.24, 2.45) is 0 Å². The highest BCUT2D eigenvalue weighted by atomic mass is 32.2. The Morgan fingerprint density at radius 1 is 0.647 bits per heavy atom. The van der Waals surface area contributed by atoms with E-state index in [2.05, 4.69) is 18.6 Å². The third-order valence-corrected chi connectivity index (χ3v) is 11.6. The Morgan fingerprint density at radius 3 is 1.53 bits per heavy atom. The Hall–Kier alpha value is -0.630. The summed E-state index contributed by atoms with van der Waals surface area (Å²) in [6.45, 7) is 3.52. The number of ether oxygens (including phenoxy) is 2. The van der Waals surface area contributed by atoms with Gasteiger partial charge in [0.15, 0.2) is 6.29 Å². The molecule has 0 radical (unpaired) electrons. The lowest BCUT2D eigenvalue weighted by Crippen LogP contribution is -2.60. The fourth-order valence-electron chi connectivity index (χ4n) is 6.68. The van der Waals surface area contributed by atoms with Crippen LogP contribution in [0.15, 0.2) is 12.2 Å². The van der Waals surface area contributed by atoms with Gasteiger partial charge in [0, 0.05) is 0 Å². The van der Waals surface area contributed by atoms with E-state index in [1.54, 1.807) is 6.08 Å². The van der Waals surface area contributed by atoms with Crippen LogP contribution in [0.2, 0.25) is 0 Å². The van der Waals surface area contributed by atoms with E-state index in [0.29, 0.717) is 6.42 Å². The van der Waals surface area contributed by atoms with Crippen LogP contribution < -0.4 is 4.72 Å². The van der Waals surface area contributed by atoms with Crippen LogP contribution in [0, 0.1) is 0 Å². The highest BCUT2D eigenvalue weighted by molar-refractivity contribution is 7.89. The molecule has 0 saturated carbocycles. The Bertz CT molecular complexity index is 920. The van der Waals surface area contributed by atoms with Gasteiger partial charge in [-0.05, 0) is 19.3 Å². The molecule has 10 nitrogen and oxygen atoms in total. The summed E-state index contributed by atoms with van der Waals surface area (Å²) in [5.41, 5.74) is 0. The van der Waals surface area contributed by atoms with Crippen LogP contribution in [0.25, 0.3) is 0 Å². The minimum Gasteiger partial charge on any atom is -0.394 e. The van der Waals surface area contributed by atoms with Crippen LogP contribution in [0.3, 0.4) is 0 Å². The van der Waals surface area contributed by atoms with E-state index in [9.17, 15) is 34.0 Å². The number of sulfonamides is 1. The fourth-order valence-corrected chi connectivity index (χ4v) is 8.05. The van der Waals surface area contributed by atoms with E-state index in [0.717, 1.165) is 38.5 Å². The first-order chi connectivity index (χ1) is 24.7. The molecule has 51 heavy (non-hydrogen) atoms. The van der Waals surface area contributed by atoms with Gasteiger partial charge < -0.3 is 35.0 Å². The molecule has 304 valence electrons. The van der Waals surface area contributed by atoms with Gasteiger partial charge in [-0.15, -0.1) is 0 Å². The molecule has 0 amide bonds. The molecule has 0 aromatic carbocycles. The zero-order valence-electron chi connectivity index (χ0n) is 32.5. The molecule has 0 bridgehead atoms. The van der Waals surface area contributed by atoms with E-state index in [-0.39, 0.29) is 12.4 Å². The third-order valence-electron chi connectivity index (χ3n) is 10.1. The normalized spacial score (nSPS) is 22.5. The molecule has 1 aliphatic heterocycles. The summed E-state index contributed by atoms with van der Waals surface area (Å²) in [6, 6.07) is -1.07. The average Bonchev–Trinajstić information content (AvgIpc) is 3.11. The van der Waals surface area contributed by atoms with Crippen molar-refractivity contribution in [3.8, 4) is 0 Å². The van der Waals surface area contributed by atoms with Gasteiger partial charge in [-0.1, -0.05) is 174 Å². The Balaban J connectivity index is 2.49. The second-order valence-electron chi connectivity index (χ2n) is 14.9. The number of rotatable bonds is 35. The quantitative estimate of drug-likeness (QED) is 0.0291. The van der Waals surface area contributed by atoms with Crippen molar-refractivity contribution in [2.45, 2.75) is 224 Å². The lowest BCUT2D eigenvalue weighted by atomic mass is 9.99. The van der Waals surface area contributed by atoms with Crippen LogP contribution in [-0.4, -0.2) is 95.8 Å². The SMILES string of the molecule is CCCCCCCCCCCCC/C=C\C(O)C(CO[C@@H]1OC(CO)[C@@H](O)C(O)C1O)NS(=O)(=O)CCCCCCCCCCCCCCCC. The van der Waals surface area contributed by atoms with Gasteiger partial charge in [0.05, 0.1) is 31.1 Å². The Morgan fingerprint density at radius 2 is 1.08 bits per heavy atom. The molecule has 1 aliphatic rings. The topological polar surface area (TPSA) is 166 Å². The van der Waals surface area contributed by atoms with Crippen molar-refractivity contribution in [1.29, 1.82) is 0 Å². The molecule has 7 atom stereocenters. The molecule has 0 aromatic heterocycles. The first-order valence-electron chi connectivity index (χ1n) is 20.9. The van der Waals surface area contributed by atoms with Gasteiger partial charge >= 0.3 is 0 Å². The zero-order chi connectivity index (χ0) is 37.6. The molecule has 0 spiro atoms. The van der Waals surface area contributed by atoms with Crippen LogP contribution in [0.1, 0.15) is 181 Å². The summed E-state index contributed by atoms with van der Waals surface area (Å²) >= 11 is 0. The van der Waals surface area contributed by atoms with E-state index >= 15 is 0 Å². The standard InChI is InChI=1S/C40H79NO9S/c1-3-5-7-9-11-13-15-17-19-21-23-25-27-29-31-51(47,48)41-34(33-49-40-39(46)38(45)37(44)36(32-42)50-40)35(43)30-28-26-24-22-20-18-16-14-12-10-8-6-4-2/h28,30,34-46H,3-27,29,31-33H2,1-2H3/b30-28-/t34?,35?,36?,37-,38?,39?,40-/m1/s1. The fraction of sp³-hybridized carbons (Fsp3) is 0.950. The number of hydrogen-bond acceptors (Lipinski definition) is 9. The monoisotopic (exact) mass is 750 g/mol. The first kappa shape index (κ1) is 48.4. The average molecular weight is 750 g/mol. The van der Waals surface area contributed by atoms with Crippen LogP contribution >= 0.6 is 0 Å². The Labute approximate surface area is 312 Å². The van der Waals surface area contributed by atoms with Crippen molar-refractivity contribution in [3.05, 3.63) is 12.2 Å². The largest absolute Gasteiger partial charge is 0.394 e. The van der Waals surface area contributed by atoms with Gasteiger partial charge in [0.25, 0.3) is 0 Å². The molecule has 6 N–H and O–H groups in total. The van der Waals surface area contributed by atoms with Gasteiger partial charge in [0.1, 0.15) is 24.4 Å². The number of allylic oxidation sites excluding steroid dienone is 1. The first-order valence-corrected chi connectivity index (χ1v) is 22.6. The van der Waals surface area contributed by atoms with Crippen molar-refractivity contribution in [2.75, 3.05) is 19.0 Å². The molecule has 11 heteroatoms. The minimum absolute atomic E-state index is 0.0727. The predicted octanol–water partition coefficient (Wildman–Crippen LogP) is 7.19. The number of unbranched alkanes of at least 4 members (excludes halogenated alkanes) is 24. The second-order valence-corrected chi connectivity index (χ2v) is 16.8. The van der Waals surface area contributed by atoms with Gasteiger partial charge in [-0.25, -0.2) is 13.1 Å². The van der Waals surface area contributed by atoms with Crippen LogP contribution in [0.5, 0.6) is 0 Å². The summed E-state index contributed by atoms with van der Waals surface area (Å²) in [4.78, 5) is 0. The lowest BCUT2D eigenvalue weighted by Gasteiger charge is -2.40. The van der Waals surface area contributed by atoms with Gasteiger partial charge in [-0.3, -0.25) is 0 Å². The smallest absolute Gasteiger partial charge is 0.212 e. The predicted molar refractivity (Wildman–Crippen MR) is 207 cm³/mol. The van der Waals surface area contributed by atoms with Crippen molar-refractivity contribution >= 4 is 10.0 Å². The van der Waals surface area contributed by atoms with E-state index in [1.165, 1.54) is 122 Å². The molecule has 1 heterocycles. The zero-order valence-corrected chi connectivity index (χ0v) is 33.3. The second kappa shape index (κ2) is 31.7. The molecule has 0 aromatic rings. The molecular weight excluding hydrogens is 671 g/mol. The number of hydrogen-bond donors (Lipinski definition) is 6. The van der Waals surface area contributed by atoms with Gasteiger partial charge in [-0.2, -0.15) is 0 Å². The molecule has 0 aliphatic carbocycles. The highest BCUT2D eigenvalue weighted by Gasteiger charge is 2.44. The van der Waals surface area contributed by atoms with Gasteiger partial charge in [0.2, 0.25) is 10.0 Å². The van der Waals surface area contributed by atoms with Crippen molar-refractivity contribution < 1.29 is 43.4 Å². The van der Waals surface area contributed by atoms with Crippen LogP contribution in [0.4, 0.5) is 0 Å². The molecular formula is C40H79NO9S.